The summed E-state index contributed by atoms with van der Waals surface area (Å²) in [6.07, 6.45) is 5.03. The Labute approximate surface area is 104 Å². The monoisotopic (exact) mass is 246 g/mol. The van der Waals surface area contributed by atoms with Crippen LogP contribution in [0.1, 0.15) is 28.4 Å². The summed E-state index contributed by atoms with van der Waals surface area (Å²) < 4.78 is 7.01. The van der Waals surface area contributed by atoms with Crippen molar-refractivity contribution in [3.05, 3.63) is 35.8 Å². The lowest BCUT2D eigenvalue weighted by molar-refractivity contribution is 0.0779. The van der Waals surface area contributed by atoms with Crippen LogP contribution < -0.4 is 0 Å². The number of carbonyl (C=O) groups excluding carboxylic acids is 1. The number of aryl methyl sites for hydroxylation is 1. The predicted molar refractivity (Wildman–Crippen MR) is 62.8 cm³/mol. The van der Waals surface area contributed by atoms with Crippen LogP contribution in [0.5, 0.6) is 0 Å². The number of furan rings is 1. The molecule has 6 heteroatoms. The fourth-order valence-electron chi connectivity index (χ4n) is 2.22. The molecule has 2 aromatic heterocycles. The van der Waals surface area contributed by atoms with E-state index in [4.69, 9.17) is 4.42 Å². The molecule has 1 amide bonds. The van der Waals surface area contributed by atoms with Gasteiger partial charge in [-0.15, -0.1) is 10.2 Å². The first-order chi connectivity index (χ1) is 8.75. The van der Waals surface area contributed by atoms with Crippen molar-refractivity contribution in [3.63, 3.8) is 0 Å². The van der Waals surface area contributed by atoms with Crippen molar-refractivity contribution in [2.75, 3.05) is 7.05 Å². The molecule has 0 unspecified atom stereocenters. The van der Waals surface area contributed by atoms with Gasteiger partial charge in [0.1, 0.15) is 12.1 Å². The van der Waals surface area contributed by atoms with E-state index in [1.807, 2.05) is 0 Å². The molecule has 1 aliphatic rings. The van der Waals surface area contributed by atoms with Crippen LogP contribution in [0.2, 0.25) is 0 Å². The van der Waals surface area contributed by atoms with E-state index < -0.39 is 0 Å². The molecule has 6 nitrogen and oxygen atoms in total. The number of fused-ring (bicyclic) bond motifs is 1. The third-order valence-electron chi connectivity index (χ3n) is 3.18. The molecule has 3 rings (SSSR count). The van der Waals surface area contributed by atoms with Gasteiger partial charge in [-0.25, -0.2) is 0 Å². The van der Waals surface area contributed by atoms with Crippen molar-refractivity contribution in [2.45, 2.75) is 25.9 Å². The highest BCUT2D eigenvalue weighted by Crippen LogP contribution is 2.15. The summed E-state index contributed by atoms with van der Waals surface area (Å²) in [7, 11) is 1.76. The maximum atomic E-state index is 12.0. The molecular formula is C12H14N4O2. The Morgan fingerprint density at radius 3 is 3.22 bits per heavy atom. The normalized spacial score (nSPS) is 13.6. The van der Waals surface area contributed by atoms with Crippen molar-refractivity contribution < 1.29 is 9.21 Å². The minimum atomic E-state index is -0.0703. The van der Waals surface area contributed by atoms with Gasteiger partial charge >= 0.3 is 0 Å². The van der Waals surface area contributed by atoms with Crippen molar-refractivity contribution in [1.82, 2.24) is 19.7 Å². The van der Waals surface area contributed by atoms with E-state index in [0.29, 0.717) is 12.1 Å². The van der Waals surface area contributed by atoms with Crippen molar-refractivity contribution in [1.29, 1.82) is 0 Å². The maximum Gasteiger partial charge on any atom is 0.257 e. The van der Waals surface area contributed by atoms with Crippen molar-refractivity contribution in [3.8, 4) is 0 Å². The molecule has 0 radical (unpaired) electrons. The summed E-state index contributed by atoms with van der Waals surface area (Å²) in [4.78, 5) is 13.7. The van der Waals surface area contributed by atoms with E-state index >= 15 is 0 Å². The van der Waals surface area contributed by atoms with E-state index in [1.165, 1.54) is 12.5 Å². The van der Waals surface area contributed by atoms with E-state index in [1.54, 1.807) is 18.0 Å². The maximum absolute atomic E-state index is 12.0. The number of hydrogen-bond acceptors (Lipinski definition) is 4. The van der Waals surface area contributed by atoms with Crippen LogP contribution in [0, 0.1) is 0 Å². The standard InChI is InChI=1S/C12H14N4O2/c1-15(12(17)9-4-6-18-8-9)7-11-14-13-10-3-2-5-16(10)11/h4,6,8H,2-3,5,7H2,1H3. The fourth-order valence-corrected chi connectivity index (χ4v) is 2.22. The summed E-state index contributed by atoms with van der Waals surface area (Å²) in [5, 5.41) is 8.27. The van der Waals surface area contributed by atoms with E-state index in [9.17, 15) is 4.79 Å². The van der Waals surface area contributed by atoms with Gasteiger partial charge in [-0.3, -0.25) is 4.79 Å². The third-order valence-corrected chi connectivity index (χ3v) is 3.18. The first-order valence-electron chi connectivity index (χ1n) is 5.94. The third kappa shape index (κ3) is 1.79. The molecule has 0 atom stereocenters. The van der Waals surface area contributed by atoms with E-state index in [-0.39, 0.29) is 5.91 Å². The van der Waals surface area contributed by atoms with E-state index in [0.717, 1.165) is 31.0 Å². The fraction of sp³-hybridized carbons (Fsp3) is 0.417. The minimum absolute atomic E-state index is 0.0703. The molecule has 0 saturated heterocycles. The molecule has 0 bridgehead atoms. The number of nitrogens with zero attached hydrogens (tertiary/aromatic N) is 4. The smallest absolute Gasteiger partial charge is 0.257 e. The number of carbonyl (C=O) groups is 1. The Morgan fingerprint density at radius 1 is 1.56 bits per heavy atom. The summed E-state index contributed by atoms with van der Waals surface area (Å²) in [6.45, 7) is 1.42. The van der Waals surface area contributed by atoms with Gasteiger partial charge in [-0.1, -0.05) is 0 Å². The summed E-state index contributed by atoms with van der Waals surface area (Å²) in [5.41, 5.74) is 0.554. The van der Waals surface area contributed by atoms with Gasteiger partial charge in [-0.2, -0.15) is 0 Å². The predicted octanol–water partition coefficient (Wildman–Crippen LogP) is 1.09. The van der Waals surface area contributed by atoms with Gasteiger partial charge in [0.2, 0.25) is 0 Å². The summed E-state index contributed by atoms with van der Waals surface area (Å²) in [5.74, 6) is 1.80. The zero-order chi connectivity index (χ0) is 12.5. The van der Waals surface area contributed by atoms with Gasteiger partial charge in [-0.05, 0) is 12.5 Å². The number of hydrogen-bond donors (Lipinski definition) is 0. The lowest BCUT2D eigenvalue weighted by Crippen LogP contribution is -2.27. The Balaban J connectivity index is 1.74. The molecule has 0 spiro atoms. The van der Waals surface area contributed by atoms with Crippen LogP contribution in [0.3, 0.4) is 0 Å². The number of aromatic nitrogens is 3. The van der Waals surface area contributed by atoms with Gasteiger partial charge < -0.3 is 13.9 Å². The molecule has 18 heavy (non-hydrogen) atoms. The first kappa shape index (κ1) is 11.0. The molecular weight excluding hydrogens is 232 g/mol. The van der Waals surface area contributed by atoms with Crippen molar-refractivity contribution >= 4 is 5.91 Å². The molecule has 3 heterocycles. The molecule has 0 saturated carbocycles. The SMILES string of the molecule is CN(Cc1nnc2n1CCC2)C(=O)c1ccoc1. The summed E-state index contributed by atoms with van der Waals surface area (Å²) >= 11 is 0. The zero-order valence-corrected chi connectivity index (χ0v) is 10.2. The van der Waals surface area contributed by atoms with E-state index in [2.05, 4.69) is 14.8 Å². The topological polar surface area (TPSA) is 64.2 Å². The van der Waals surface area contributed by atoms with Crippen LogP contribution in [-0.4, -0.2) is 32.6 Å². The van der Waals surface area contributed by atoms with Gasteiger partial charge in [0.25, 0.3) is 5.91 Å². The second-order valence-electron chi connectivity index (χ2n) is 4.46. The lowest BCUT2D eigenvalue weighted by atomic mass is 10.3. The highest BCUT2D eigenvalue weighted by atomic mass is 16.3. The average Bonchev–Trinajstić information content (AvgIpc) is 3.06. The average molecular weight is 246 g/mol. The summed E-state index contributed by atoms with van der Waals surface area (Å²) in [6, 6.07) is 1.66. The molecule has 2 aromatic rings. The Morgan fingerprint density at radius 2 is 2.44 bits per heavy atom. The second kappa shape index (κ2) is 4.29. The highest BCUT2D eigenvalue weighted by molar-refractivity contribution is 5.93. The molecule has 94 valence electrons. The van der Waals surface area contributed by atoms with Gasteiger partial charge in [0, 0.05) is 20.0 Å². The van der Waals surface area contributed by atoms with Crippen LogP contribution >= 0.6 is 0 Å². The van der Waals surface area contributed by atoms with Crippen LogP contribution in [0.15, 0.2) is 23.0 Å². The Kier molecular flexibility index (Phi) is 2.62. The van der Waals surface area contributed by atoms with Crippen molar-refractivity contribution in [2.24, 2.45) is 0 Å². The lowest BCUT2D eigenvalue weighted by Gasteiger charge is -2.15. The number of amides is 1. The minimum Gasteiger partial charge on any atom is -0.472 e. The first-order valence-corrected chi connectivity index (χ1v) is 5.94. The molecule has 0 N–H and O–H groups in total. The molecule has 0 aliphatic carbocycles. The largest absolute Gasteiger partial charge is 0.472 e. The van der Waals surface area contributed by atoms with Gasteiger partial charge in [0.15, 0.2) is 5.82 Å². The second-order valence-corrected chi connectivity index (χ2v) is 4.46. The Bertz CT molecular complexity index is 559. The van der Waals surface area contributed by atoms with Crippen LogP contribution in [-0.2, 0) is 19.5 Å². The van der Waals surface area contributed by atoms with Gasteiger partial charge in [0.05, 0.1) is 18.4 Å². The highest BCUT2D eigenvalue weighted by Gasteiger charge is 2.20. The quantitative estimate of drug-likeness (QED) is 0.813. The number of rotatable bonds is 3. The molecule has 0 aromatic carbocycles. The van der Waals surface area contributed by atoms with Crippen LogP contribution in [0.25, 0.3) is 0 Å². The molecule has 1 aliphatic heterocycles. The zero-order valence-electron chi connectivity index (χ0n) is 10.2. The Hall–Kier alpha value is -2.11. The molecule has 0 fully saturated rings. The van der Waals surface area contributed by atoms with Crippen LogP contribution in [0.4, 0.5) is 0 Å².